The summed E-state index contributed by atoms with van der Waals surface area (Å²) >= 11 is 0. The van der Waals surface area contributed by atoms with Gasteiger partial charge in [-0.2, -0.15) is 0 Å². The Hall–Kier alpha value is -1.13. The molecule has 1 aromatic rings. The van der Waals surface area contributed by atoms with Crippen LogP contribution in [0.15, 0.2) is 18.2 Å². The Balaban J connectivity index is 2.28. The van der Waals surface area contributed by atoms with E-state index in [-0.39, 0.29) is 11.4 Å². The number of rotatable bonds is 4. The zero-order valence-electron chi connectivity index (χ0n) is 12.0. The van der Waals surface area contributed by atoms with Crippen LogP contribution in [0.3, 0.4) is 0 Å². The minimum atomic E-state index is -0.142. The Labute approximate surface area is 114 Å². The molecule has 0 radical (unpaired) electrons. The van der Waals surface area contributed by atoms with Gasteiger partial charge in [-0.05, 0) is 38.9 Å². The van der Waals surface area contributed by atoms with Crippen LogP contribution in [0.4, 0.5) is 10.1 Å². The van der Waals surface area contributed by atoms with Crippen molar-refractivity contribution in [1.29, 1.82) is 0 Å². The van der Waals surface area contributed by atoms with Gasteiger partial charge in [0.15, 0.2) is 0 Å². The van der Waals surface area contributed by atoms with E-state index in [9.17, 15) is 4.39 Å². The van der Waals surface area contributed by atoms with Crippen LogP contribution in [0, 0.1) is 5.82 Å². The molecule has 1 heterocycles. The molecule has 3 nitrogen and oxygen atoms in total. The maximum absolute atomic E-state index is 14.0. The van der Waals surface area contributed by atoms with Gasteiger partial charge in [0, 0.05) is 38.0 Å². The lowest BCUT2D eigenvalue weighted by Crippen LogP contribution is -2.47. The first-order chi connectivity index (χ1) is 9.09. The van der Waals surface area contributed by atoms with Gasteiger partial charge in [-0.3, -0.25) is 0 Å². The zero-order chi connectivity index (χ0) is 13.9. The van der Waals surface area contributed by atoms with Crippen molar-refractivity contribution in [3.8, 4) is 0 Å². The number of piperidine rings is 1. The van der Waals surface area contributed by atoms with Gasteiger partial charge in [0.25, 0.3) is 0 Å². The third-order valence-electron chi connectivity index (χ3n) is 3.94. The fourth-order valence-corrected chi connectivity index (χ4v) is 2.77. The summed E-state index contributed by atoms with van der Waals surface area (Å²) < 4.78 is 19.6. The normalized spacial score (nSPS) is 23.7. The number of halogens is 1. The highest BCUT2D eigenvalue weighted by atomic mass is 19.1. The fourth-order valence-electron chi connectivity index (χ4n) is 2.77. The molecule has 1 fully saturated rings. The van der Waals surface area contributed by atoms with E-state index >= 15 is 0 Å². The lowest BCUT2D eigenvalue weighted by molar-refractivity contribution is -0.00469. The van der Waals surface area contributed by atoms with Crippen LogP contribution in [0.5, 0.6) is 0 Å². The molecular weight excluding hydrogens is 243 g/mol. The van der Waals surface area contributed by atoms with Crippen LogP contribution < -0.4 is 10.2 Å². The SMILES string of the molecule is CNCc1c(F)cccc1N1CCCC(C)(OC)C1. The standard InChI is InChI=1S/C15H23FN2O/c1-15(19-3)8-5-9-18(11-15)14-7-4-6-13(16)12(14)10-17-2/h4,6-7,17H,5,8-11H2,1-3H3. The van der Waals surface area contributed by atoms with E-state index in [2.05, 4.69) is 17.1 Å². The van der Waals surface area contributed by atoms with E-state index in [1.807, 2.05) is 13.1 Å². The Morgan fingerprint density at radius 3 is 2.95 bits per heavy atom. The van der Waals surface area contributed by atoms with E-state index < -0.39 is 0 Å². The fraction of sp³-hybridized carbons (Fsp3) is 0.600. The quantitative estimate of drug-likeness (QED) is 0.906. The Morgan fingerprint density at radius 2 is 2.26 bits per heavy atom. The summed E-state index contributed by atoms with van der Waals surface area (Å²) in [5.74, 6) is -0.142. The second-order valence-electron chi connectivity index (χ2n) is 5.45. The first kappa shape index (κ1) is 14.3. The highest BCUT2D eigenvalue weighted by molar-refractivity contribution is 5.55. The number of methoxy groups -OCH3 is 1. The number of nitrogens with one attached hydrogen (secondary N) is 1. The van der Waals surface area contributed by atoms with Gasteiger partial charge in [0.2, 0.25) is 0 Å². The van der Waals surface area contributed by atoms with Crippen LogP contribution in [-0.2, 0) is 11.3 Å². The molecule has 0 saturated carbocycles. The van der Waals surface area contributed by atoms with Gasteiger partial charge >= 0.3 is 0 Å². The summed E-state index contributed by atoms with van der Waals surface area (Å²) in [6.45, 7) is 4.43. The van der Waals surface area contributed by atoms with E-state index in [1.54, 1.807) is 13.2 Å². The van der Waals surface area contributed by atoms with Crippen LogP contribution in [0.25, 0.3) is 0 Å². The predicted molar refractivity (Wildman–Crippen MR) is 76.0 cm³/mol. The third-order valence-corrected chi connectivity index (χ3v) is 3.94. The zero-order valence-corrected chi connectivity index (χ0v) is 12.0. The molecule has 19 heavy (non-hydrogen) atoms. The number of nitrogens with zero attached hydrogens (tertiary/aromatic N) is 1. The second-order valence-corrected chi connectivity index (χ2v) is 5.45. The van der Waals surface area contributed by atoms with Crippen molar-refractivity contribution >= 4 is 5.69 Å². The van der Waals surface area contributed by atoms with Crippen molar-refractivity contribution in [2.75, 3.05) is 32.1 Å². The van der Waals surface area contributed by atoms with Crippen molar-refractivity contribution in [2.24, 2.45) is 0 Å². The van der Waals surface area contributed by atoms with Gasteiger partial charge in [-0.15, -0.1) is 0 Å². The molecule has 0 amide bonds. The summed E-state index contributed by atoms with van der Waals surface area (Å²) in [5, 5.41) is 3.04. The van der Waals surface area contributed by atoms with Gasteiger partial charge in [0.05, 0.1) is 5.60 Å². The van der Waals surface area contributed by atoms with Crippen molar-refractivity contribution in [2.45, 2.75) is 31.9 Å². The second kappa shape index (κ2) is 5.88. The first-order valence-corrected chi connectivity index (χ1v) is 6.82. The summed E-state index contributed by atoms with van der Waals surface area (Å²) in [4.78, 5) is 2.24. The molecule has 1 atom stereocenters. The van der Waals surface area contributed by atoms with Crippen molar-refractivity contribution < 1.29 is 9.13 Å². The number of anilines is 1. The Morgan fingerprint density at radius 1 is 1.47 bits per heavy atom. The summed E-state index contributed by atoms with van der Waals surface area (Å²) in [5.41, 5.74) is 1.59. The highest BCUT2D eigenvalue weighted by Gasteiger charge is 2.31. The van der Waals surface area contributed by atoms with Crippen LogP contribution >= 0.6 is 0 Å². The van der Waals surface area contributed by atoms with Gasteiger partial charge in [-0.1, -0.05) is 6.07 Å². The number of hydrogen-bond donors (Lipinski definition) is 1. The van der Waals surface area contributed by atoms with Crippen LogP contribution in [-0.4, -0.2) is 32.8 Å². The van der Waals surface area contributed by atoms with Crippen molar-refractivity contribution in [1.82, 2.24) is 5.32 Å². The number of hydrogen-bond acceptors (Lipinski definition) is 3. The lowest BCUT2D eigenvalue weighted by Gasteiger charge is -2.41. The smallest absolute Gasteiger partial charge is 0.129 e. The summed E-state index contributed by atoms with van der Waals surface area (Å²) in [6.07, 6.45) is 2.12. The third kappa shape index (κ3) is 3.07. The van der Waals surface area contributed by atoms with E-state index in [0.717, 1.165) is 37.2 Å². The molecule has 0 aromatic heterocycles. The first-order valence-electron chi connectivity index (χ1n) is 6.82. The molecule has 0 spiro atoms. The topological polar surface area (TPSA) is 24.5 Å². The van der Waals surface area contributed by atoms with E-state index in [4.69, 9.17) is 4.74 Å². The molecule has 1 N–H and O–H groups in total. The summed E-state index contributed by atoms with van der Waals surface area (Å²) in [7, 11) is 3.59. The van der Waals surface area contributed by atoms with Crippen LogP contribution in [0.2, 0.25) is 0 Å². The molecule has 4 heteroatoms. The van der Waals surface area contributed by atoms with Crippen molar-refractivity contribution in [3.63, 3.8) is 0 Å². The van der Waals surface area contributed by atoms with E-state index in [1.165, 1.54) is 6.07 Å². The average molecular weight is 266 g/mol. The molecule has 1 saturated heterocycles. The van der Waals surface area contributed by atoms with E-state index in [0.29, 0.717) is 6.54 Å². The van der Waals surface area contributed by atoms with Crippen LogP contribution in [0.1, 0.15) is 25.3 Å². The minimum absolute atomic E-state index is 0.137. The Kier molecular flexibility index (Phi) is 4.42. The highest BCUT2D eigenvalue weighted by Crippen LogP contribution is 2.31. The Bertz CT molecular complexity index is 438. The monoisotopic (exact) mass is 266 g/mol. The number of benzene rings is 1. The largest absolute Gasteiger partial charge is 0.377 e. The molecule has 1 aliphatic heterocycles. The molecule has 0 aliphatic carbocycles. The predicted octanol–water partition coefficient (Wildman–Crippen LogP) is 2.55. The number of ether oxygens (including phenoxy) is 1. The van der Waals surface area contributed by atoms with Gasteiger partial charge in [0.1, 0.15) is 5.82 Å². The molecule has 1 aliphatic rings. The van der Waals surface area contributed by atoms with Gasteiger partial charge in [-0.25, -0.2) is 4.39 Å². The van der Waals surface area contributed by atoms with Gasteiger partial charge < -0.3 is 15.0 Å². The minimum Gasteiger partial charge on any atom is -0.377 e. The molecular formula is C15H23FN2O. The molecule has 0 bridgehead atoms. The van der Waals surface area contributed by atoms with Crippen molar-refractivity contribution in [3.05, 3.63) is 29.6 Å². The lowest BCUT2D eigenvalue weighted by atomic mass is 9.93. The summed E-state index contributed by atoms with van der Waals surface area (Å²) in [6, 6.07) is 5.30. The molecule has 1 unspecified atom stereocenters. The molecule has 1 aromatic carbocycles. The maximum atomic E-state index is 14.0. The molecule has 2 rings (SSSR count). The average Bonchev–Trinajstić information content (AvgIpc) is 2.41. The molecule has 106 valence electrons. The maximum Gasteiger partial charge on any atom is 0.129 e.